The third-order valence-corrected chi connectivity index (χ3v) is 4.16. The Hall–Kier alpha value is -0.900. The molecule has 3 heteroatoms. The first-order chi connectivity index (χ1) is 9.30. The number of rotatable bonds is 3. The zero-order valence-electron chi connectivity index (χ0n) is 11.7. The number of morpholine rings is 1. The smallest absolute Gasteiger partial charge is 0.107 e. The van der Waals surface area contributed by atoms with Crippen molar-refractivity contribution in [3.05, 3.63) is 35.9 Å². The molecule has 0 N–H and O–H groups in total. The van der Waals surface area contributed by atoms with Gasteiger partial charge in [0, 0.05) is 32.7 Å². The monoisotopic (exact) mass is 261 g/mol. The van der Waals surface area contributed by atoms with Gasteiger partial charge in [0.05, 0.1) is 12.7 Å². The first-order valence-corrected chi connectivity index (χ1v) is 7.31. The quantitative estimate of drug-likeness (QED) is 0.834. The summed E-state index contributed by atoms with van der Waals surface area (Å²) in [6.45, 7) is 6.86. The van der Waals surface area contributed by atoms with Crippen molar-refractivity contribution in [1.82, 2.24) is 4.90 Å². The summed E-state index contributed by atoms with van der Waals surface area (Å²) in [7, 11) is 0. The number of ether oxygens (including phenoxy) is 2. The fourth-order valence-corrected chi connectivity index (χ4v) is 3.17. The molecule has 0 saturated carbocycles. The van der Waals surface area contributed by atoms with Gasteiger partial charge >= 0.3 is 0 Å². The Kier molecular flexibility index (Phi) is 3.87. The molecule has 2 heterocycles. The molecule has 1 aromatic rings. The minimum atomic E-state index is -0.0479. The lowest BCUT2D eigenvalue weighted by Gasteiger charge is -2.43. The van der Waals surface area contributed by atoms with E-state index < -0.39 is 0 Å². The molecule has 0 aromatic heterocycles. The predicted molar refractivity (Wildman–Crippen MR) is 75.1 cm³/mol. The standard InChI is InChI=1S/C16H23NO2/c1-2-15-11-17(10-14-6-4-3-5-7-14)12-16(19-15)8-9-18-13-16/h3-7,15H,2,8-13H2,1H3. The van der Waals surface area contributed by atoms with Crippen LogP contribution in [-0.2, 0) is 16.0 Å². The van der Waals surface area contributed by atoms with Gasteiger partial charge in [0.2, 0.25) is 0 Å². The van der Waals surface area contributed by atoms with Crippen LogP contribution < -0.4 is 0 Å². The first-order valence-electron chi connectivity index (χ1n) is 7.31. The minimum absolute atomic E-state index is 0.0479. The molecular weight excluding hydrogens is 238 g/mol. The van der Waals surface area contributed by atoms with Crippen molar-refractivity contribution in [2.24, 2.45) is 0 Å². The number of hydrogen-bond donors (Lipinski definition) is 0. The zero-order chi connectivity index (χ0) is 13.1. The highest BCUT2D eigenvalue weighted by Crippen LogP contribution is 2.31. The van der Waals surface area contributed by atoms with E-state index in [9.17, 15) is 0 Å². The molecular formula is C16H23NO2. The van der Waals surface area contributed by atoms with Crippen LogP contribution in [0.3, 0.4) is 0 Å². The van der Waals surface area contributed by atoms with Gasteiger partial charge in [-0.15, -0.1) is 0 Å². The Morgan fingerprint density at radius 2 is 2.16 bits per heavy atom. The van der Waals surface area contributed by atoms with Crippen LogP contribution in [0.25, 0.3) is 0 Å². The van der Waals surface area contributed by atoms with Crippen LogP contribution in [0, 0.1) is 0 Å². The maximum Gasteiger partial charge on any atom is 0.107 e. The predicted octanol–water partition coefficient (Wildman–Crippen LogP) is 2.46. The summed E-state index contributed by atoms with van der Waals surface area (Å²) in [6.07, 6.45) is 2.46. The largest absolute Gasteiger partial charge is 0.378 e. The van der Waals surface area contributed by atoms with E-state index in [0.29, 0.717) is 6.10 Å². The van der Waals surface area contributed by atoms with E-state index >= 15 is 0 Å². The van der Waals surface area contributed by atoms with E-state index in [1.165, 1.54) is 5.56 Å². The molecule has 3 rings (SSSR count). The molecule has 2 aliphatic rings. The Morgan fingerprint density at radius 1 is 1.32 bits per heavy atom. The average Bonchev–Trinajstić information content (AvgIpc) is 2.87. The molecule has 2 fully saturated rings. The van der Waals surface area contributed by atoms with Crippen LogP contribution in [0.2, 0.25) is 0 Å². The van der Waals surface area contributed by atoms with Gasteiger partial charge in [0.1, 0.15) is 5.60 Å². The molecule has 2 aliphatic heterocycles. The van der Waals surface area contributed by atoms with Crippen molar-refractivity contribution in [1.29, 1.82) is 0 Å². The number of nitrogens with zero attached hydrogens (tertiary/aromatic N) is 1. The second-order valence-electron chi connectivity index (χ2n) is 5.79. The van der Waals surface area contributed by atoms with Crippen LogP contribution in [0.15, 0.2) is 30.3 Å². The summed E-state index contributed by atoms with van der Waals surface area (Å²) in [5.41, 5.74) is 1.33. The molecule has 0 aliphatic carbocycles. The second kappa shape index (κ2) is 5.61. The Bertz CT molecular complexity index is 400. The van der Waals surface area contributed by atoms with E-state index in [2.05, 4.69) is 42.2 Å². The molecule has 104 valence electrons. The van der Waals surface area contributed by atoms with Crippen LogP contribution >= 0.6 is 0 Å². The van der Waals surface area contributed by atoms with Gasteiger partial charge in [-0.25, -0.2) is 0 Å². The van der Waals surface area contributed by atoms with Crippen molar-refractivity contribution in [2.45, 2.75) is 38.0 Å². The van der Waals surface area contributed by atoms with E-state index in [-0.39, 0.29) is 5.60 Å². The van der Waals surface area contributed by atoms with E-state index in [4.69, 9.17) is 9.47 Å². The summed E-state index contributed by atoms with van der Waals surface area (Å²) in [5.74, 6) is 0. The lowest BCUT2D eigenvalue weighted by Crippen LogP contribution is -2.55. The summed E-state index contributed by atoms with van der Waals surface area (Å²) in [4.78, 5) is 2.53. The highest BCUT2D eigenvalue weighted by atomic mass is 16.6. The van der Waals surface area contributed by atoms with E-state index in [0.717, 1.165) is 45.7 Å². The molecule has 1 aromatic carbocycles. The van der Waals surface area contributed by atoms with Gasteiger partial charge < -0.3 is 9.47 Å². The number of benzene rings is 1. The van der Waals surface area contributed by atoms with Crippen molar-refractivity contribution in [3.8, 4) is 0 Å². The van der Waals surface area contributed by atoms with E-state index in [1.54, 1.807) is 0 Å². The third-order valence-electron chi connectivity index (χ3n) is 4.16. The second-order valence-corrected chi connectivity index (χ2v) is 5.79. The maximum absolute atomic E-state index is 6.29. The molecule has 2 unspecified atom stereocenters. The van der Waals surface area contributed by atoms with Gasteiger partial charge in [-0.1, -0.05) is 37.3 Å². The van der Waals surface area contributed by atoms with Crippen molar-refractivity contribution < 1.29 is 9.47 Å². The van der Waals surface area contributed by atoms with Crippen molar-refractivity contribution in [2.75, 3.05) is 26.3 Å². The van der Waals surface area contributed by atoms with Crippen LogP contribution in [0.4, 0.5) is 0 Å². The van der Waals surface area contributed by atoms with Crippen LogP contribution in [-0.4, -0.2) is 42.9 Å². The summed E-state index contributed by atoms with van der Waals surface area (Å²) in [6, 6.07) is 10.7. The van der Waals surface area contributed by atoms with Crippen molar-refractivity contribution >= 4 is 0 Å². The highest BCUT2D eigenvalue weighted by molar-refractivity contribution is 5.14. The lowest BCUT2D eigenvalue weighted by molar-refractivity contribution is -0.156. The van der Waals surface area contributed by atoms with Crippen LogP contribution in [0.5, 0.6) is 0 Å². The molecule has 3 nitrogen and oxygen atoms in total. The Labute approximate surface area is 115 Å². The third kappa shape index (κ3) is 2.99. The van der Waals surface area contributed by atoms with Gasteiger partial charge in [-0.3, -0.25) is 4.90 Å². The number of hydrogen-bond acceptors (Lipinski definition) is 3. The molecule has 0 bridgehead atoms. The summed E-state index contributed by atoms with van der Waals surface area (Å²) < 4.78 is 11.9. The Balaban J connectivity index is 1.70. The average molecular weight is 261 g/mol. The fourth-order valence-electron chi connectivity index (χ4n) is 3.17. The molecule has 1 spiro atoms. The van der Waals surface area contributed by atoms with E-state index in [1.807, 2.05) is 0 Å². The Morgan fingerprint density at radius 3 is 2.84 bits per heavy atom. The first kappa shape index (κ1) is 13.1. The highest BCUT2D eigenvalue weighted by Gasteiger charge is 2.43. The molecule has 2 saturated heterocycles. The summed E-state index contributed by atoms with van der Waals surface area (Å²) >= 11 is 0. The fraction of sp³-hybridized carbons (Fsp3) is 0.625. The van der Waals surface area contributed by atoms with Gasteiger partial charge in [-0.2, -0.15) is 0 Å². The molecule has 0 amide bonds. The van der Waals surface area contributed by atoms with Crippen molar-refractivity contribution in [3.63, 3.8) is 0 Å². The van der Waals surface area contributed by atoms with Gasteiger partial charge in [-0.05, 0) is 12.0 Å². The molecule has 2 atom stereocenters. The van der Waals surface area contributed by atoms with Crippen LogP contribution in [0.1, 0.15) is 25.3 Å². The SMILES string of the molecule is CCC1CN(Cc2ccccc2)CC2(CCOC2)O1. The topological polar surface area (TPSA) is 21.7 Å². The van der Waals surface area contributed by atoms with Gasteiger partial charge in [0.25, 0.3) is 0 Å². The van der Waals surface area contributed by atoms with Gasteiger partial charge in [0.15, 0.2) is 0 Å². The molecule has 19 heavy (non-hydrogen) atoms. The summed E-state index contributed by atoms with van der Waals surface area (Å²) in [5, 5.41) is 0. The maximum atomic E-state index is 6.29. The lowest BCUT2D eigenvalue weighted by atomic mass is 9.98. The zero-order valence-corrected chi connectivity index (χ0v) is 11.7. The normalized spacial score (nSPS) is 31.9. The minimum Gasteiger partial charge on any atom is -0.378 e. The molecule has 0 radical (unpaired) electrons.